The topological polar surface area (TPSA) is 218 Å². The molecule has 20 heteroatoms. The number of phenols is 2. The quantitative estimate of drug-likeness (QED) is 0.0629. The van der Waals surface area contributed by atoms with Crippen LogP contribution in [0.25, 0.3) is 39.3 Å². The van der Waals surface area contributed by atoms with Crippen molar-refractivity contribution in [2.24, 2.45) is 5.92 Å². The third kappa shape index (κ3) is 12.9. The lowest BCUT2D eigenvalue weighted by atomic mass is 9.94. The fraction of sp³-hybridized carbons (Fsp3) is 0.286. The van der Waals surface area contributed by atoms with Crippen LogP contribution in [-0.4, -0.2) is 91.2 Å². The van der Waals surface area contributed by atoms with Gasteiger partial charge in [-0.05, 0) is 141 Å². The van der Waals surface area contributed by atoms with Gasteiger partial charge in [-0.2, -0.15) is 8.42 Å². The summed E-state index contributed by atoms with van der Waals surface area (Å²) in [5.41, 5.74) is 5.62. The summed E-state index contributed by atoms with van der Waals surface area (Å²) in [6.45, 7) is 11.5. The van der Waals surface area contributed by atoms with Gasteiger partial charge in [-0.15, -0.1) is 10.2 Å². The highest BCUT2D eigenvalue weighted by atomic mass is 35.5. The molecule has 0 radical (unpaired) electrons. The van der Waals surface area contributed by atoms with Gasteiger partial charge in [0.2, 0.25) is 11.7 Å². The molecule has 9 rings (SSSR count). The van der Waals surface area contributed by atoms with Gasteiger partial charge in [0.05, 0.1) is 22.6 Å². The minimum absolute atomic E-state index is 0.0220. The van der Waals surface area contributed by atoms with Gasteiger partial charge in [-0.3, -0.25) is 19.1 Å². The fourth-order valence-corrected chi connectivity index (χ4v) is 9.44. The Labute approximate surface area is 447 Å². The van der Waals surface area contributed by atoms with Crippen molar-refractivity contribution in [1.29, 1.82) is 0 Å². The Morgan fingerprint density at radius 3 is 2.39 bits per heavy atom. The van der Waals surface area contributed by atoms with Crippen LogP contribution in [0.3, 0.4) is 0 Å². The van der Waals surface area contributed by atoms with Crippen molar-refractivity contribution < 1.29 is 41.8 Å². The van der Waals surface area contributed by atoms with Crippen LogP contribution in [0.4, 0.5) is 15.9 Å². The van der Waals surface area contributed by atoms with Crippen LogP contribution >= 0.6 is 11.6 Å². The third-order valence-corrected chi connectivity index (χ3v) is 13.3. The minimum Gasteiger partial charge on any atom is -0.508 e. The van der Waals surface area contributed by atoms with Crippen molar-refractivity contribution in [2.45, 2.75) is 72.6 Å². The normalized spacial score (nSPS) is 12.8. The molecule has 0 unspecified atom stereocenters. The number of nitrogens with zero attached hydrogens (tertiary/aromatic N) is 7. The van der Waals surface area contributed by atoms with E-state index in [-0.39, 0.29) is 53.3 Å². The maximum atomic E-state index is 14.1. The van der Waals surface area contributed by atoms with Gasteiger partial charge in [0, 0.05) is 53.9 Å². The van der Waals surface area contributed by atoms with E-state index in [1.165, 1.54) is 24.5 Å². The molecule has 1 saturated heterocycles. The molecule has 1 aliphatic heterocycles. The van der Waals surface area contributed by atoms with E-state index in [0.717, 1.165) is 54.4 Å². The van der Waals surface area contributed by atoms with Gasteiger partial charge in [0.25, 0.3) is 5.91 Å². The minimum atomic E-state index is -0.750. The number of fused-ring (bicyclic) bond motifs is 1. The van der Waals surface area contributed by atoms with E-state index < -0.39 is 17.5 Å². The van der Waals surface area contributed by atoms with Crippen molar-refractivity contribution in [1.82, 2.24) is 39.8 Å². The molecule has 5 aromatic carbocycles. The molecule has 4 N–H and O–H groups in total. The second kappa shape index (κ2) is 25.0. The van der Waals surface area contributed by atoms with Crippen molar-refractivity contribution in [3.63, 3.8) is 0 Å². The molecule has 1 aliphatic rings. The highest BCUT2D eigenvalue weighted by Crippen LogP contribution is 2.39. The first kappa shape index (κ1) is 54.3. The van der Waals surface area contributed by atoms with Crippen LogP contribution in [0.1, 0.15) is 85.9 Å². The Hall–Kier alpha value is -8.00. The smallest absolute Gasteiger partial charge is 0.335 e. The number of benzene rings is 5. The second-order valence-corrected chi connectivity index (χ2v) is 19.1. The average molecular weight is 1070 g/mol. The number of ether oxygens (including phenoxy) is 1. The number of piperidine rings is 1. The molecule has 76 heavy (non-hydrogen) atoms. The summed E-state index contributed by atoms with van der Waals surface area (Å²) in [5.74, 6) is 1.77. The highest BCUT2D eigenvalue weighted by molar-refractivity contribution is 7.51. The summed E-state index contributed by atoms with van der Waals surface area (Å²) in [6.07, 6.45) is 3.76. The molecule has 3 aromatic heterocycles. The van der Waals surface area contributed by atoms with E-state index in [1.807, 2.05) is 86.3 Å². The monoisotopic (exact) mass is 1070 g/mol. The highest BCUT2D eigenvalue weighted by Gasteiger charge is 2.30. The molecular formula is C56H57ClFN9O8S. The number of likely N-dealkylation sites (tertiary alicyclic amines) is 1. The van der Waals surface area contributed by atoms with Crippen LogP contribution in [0.2, 0.25) is 5.02 Å². The number of rotatable bonds is 18. The number of amides is 2. The number of furan rings is 1. The number of nitrogens with one attached hydrogen (secondary N) is 2. The first-order valence-corrected chi connectivity index (χ1v) is 25.9. The molecule has 394 valence electrons. The number of aromatic nitrogens is 5. The van der Waals surface area contributed by atoms with Gasteiger partial charge in [-0.1, -0.05) is 56.6 Å². The van der Waals surface area contributed by atoms with E-state index in [1.54, 1.807) is 34.9 Å². The Bertz CT molecular complexity index is 3380. The molecule has 0 saturated carbocycles. The third-order valence-electron chi connectivity index (χ3n) is 13.0. The van der Waals surface area contributed by atoms with Crippen LogP contribution in [0, 0.1) is 11.7 Å². The summed E-state index contributed by atoms with van der Waals surface area (Å²) in [6, 6.07) is 32.0. The SMILES string of the molecule is CCCN(Cc1ccc(-c2ccc3ncnc(Nc4ccc(OCc5cccc(F)c5)c(Cl)c4)c3c2)o1)C(=O)C1CCN(Cc2ccc(-n3c(C(=O)NCC)nnc3-c3cc(C(C)C)c(O)cc3O)cc2)CC1.O=S=O. The zero-order chi connectivity index (χ0) is 53.9. The van der Waals surface area contributed by atoms with E-state index in [9.17, 15) is 24.2 Å². The Morgan fingerprint density at radius 2 is 1.68 bits per heavy atom. The van der Waals surface area contributed by atoms with Crippen LogP contribution in [-0.2, 0) is 36.1 Å². The maximum Gasteiger partial charge on any atom is 0.335 e. The van der Waals surface area contributed by atoms with Crippen LogP contribution in [0.5, 0.6) is 17.2 Å². The molecule has 0 atom stereocenters. The molecule has 1 fully saturated rings. The number of halogens is 2. The zero-order valence-electron chi connectivity index (χ0n) is 42.3. The number of phenolic OH excluding ortho intramolecular Hbond substituents is 2. The molecule has 0 spiro atoms. The summed E-state index contributed by atoms with van der Waals surface area (Å²) in [7, 11) is 0. The maximum absolute atomic E-state index is 14.1. The lowest BCUT2D eigenvalue weighted by molar-refractivity contribution is -0.138. The predicted molar refractivity (Wildman–Crippen MR) is 288 cm³/mol. The Balaban J connectivity index is 0.00000249. The number of aromatic hydroxyl groups is 2. The number of carbonyl (C=O) groups excluding carboxylic acids is 2. The number of hydrogen-bond donors (Lipinski definition) is 4. The lowest BCUT2D eigenvalue weighted by Gasteiger charge is -2.34. The zero-order valence-corrected chi connectivity index (χ0v) is 43.9. The standard InChI is InChI=1S/C56H57ClFN9O6.O2S/c1-5-22-66(31-42-16-19-50(73-42)38-12-17-47-44(26-38)52(61-33-60-47)62-40-13-18-51(46(57)27-40)72-32-36-8-7-9-39(58)25-36)56(71)37-20-23-65(24-21-37)30-35-10-14-41(15-11-35)67-53(63-64-54(67)55(70)59-6-2)45-28-43(34(3)4)48(68)29-49(45)69;1-3-2/h7-19,25-29,33-34,37,68-69H,5-6,20-24,30-32H2,1-4H3,(H,59,70)(H,60,61,62);. The summed E-state index contributed by atoms with van der Waals surface area (Å²) < 4.78 is 44.1. The van der Waals surface area contributed by atoms with E-state index in [4.69, 9.17) is 29.2 Å². The molecule has 0 bridgehead atoms. The average Bonchev–Trinajstić information content (AvgIpc) is 4.07. The second-order valence-electron chi connectivity index (χ2n) is 18.6. The van der Waals surface area contributed by atoms with Gasteiger partial charge >= 0.3 is 11.6 Å². The summed E-state index contributed by atoms with van der Waals surface area (Å²) in [4.78, 5) is 40.6. The van der Waals surface area contributed by atoms with Crippen molar-refractivity contribution in [3.05, 3.63) is 155 Å². The van der Waals surface area contributed by atoms with Gasteiger partial charge < -0.3 is 34.9 Å². The summed E-state index contributed by atoms with van der Waals surface area (Å²) in [5, 5.41) is 37.3. The van der Waals surface area contributed by atoms with E-state index >= 15 is 0 Å². The lowest BCUT2D eigenvalue weighted by Crippen LogP contribution is -2.42. The molecule has 2 amide bonds. The fourth-order valence-electron chi connectivity index (χ4n) is 9.20. The molecule has 17 nitrogen and oxygen atoms in total. The molecule has 4 heterocycles. The Morgan fingerprint density at radius 1 is 0.908 bits per heavy atom. The van der Waals surface area contributed by atoms with Crippen molar-refractivity contribution in [2.75, 3.05) is 31.5 Å². The first-order valence-electron chi connectivity index (χ1n) is 24.9. The van der Waals surface area contributed by atoms with Gasteiger partial charge in [-0.25, -0.2) is 14.4 Å². The van der Waals surface area contributed by atoms with Gasteiger partial charge in [0.1, 0.15) is 53.3 Å². The first-order chi connectivity index (χ1) is 36.8. The molecular weight excluding hydrogens is 1010 g/mol. The largest absolute Gasteiger partial charge is 0.508 e. The van der Waals surface area contributed by atoms with Gasteiger partial charge in [0.15, 0.2) is 5.82 Å². The Kier molecular flexibility index (Phi) is 17.9. The number of hydrogen-bond acceptors (Lipinski definition) is 14. The van der Waals surface area contributed by atoms with E-state index in [2.05, 4.69) is 42.6 Å². The van der Waals surface area contributed by atoms with Crippen molar-refractivity contribution in [3.8, 4) is 45.6 Å². The molecule has 8 aromatic rings. The number of carbonyl (C=O) groups is 2. The van der Waals surface area contributed by atoms with Crippen LogP contribution in [0.15, 0.2) is 120 Å². The van der Waals surface area contributed by atoms with E-state index in [0.29, 0.717) is 82.4 Å². The summed E-state index contributed by atoms with van der Waals surface area (Å²) >= 11 is 5.85. The van der Waals surface area contributed by atoms with Crippen molar-refractivity contribution >= 4 is 57.4 Å². The number of anilines is 2. The van der Waals surface area contributed by atoms with Crippen LogP contribution < -0.4 is 15.4 Å². The predicted octanol–water partition coefficient (Wildman–Crippen LogP) is 10.5. The molecule has 0 aliphatic carbocycles.